The third-order valence-electron chi connectivity index (χ3n) is 4.29. The number of carbonyl (C=O) groups excluding carboxylic acids is 1. The molecule has 4 nitrogen and oxygen atoms in total. The number of nitrogens with two attached hydrogens (primary N) is 1. The number of hydrogen-bond acceptors (Lipinski definition) is 3. The Bertz CT molecular complexity index is 291. The second kappa shape index (κ2) is 7.99. The summed E-state index contributed by atoms with van der Waals surface area (Å²) < 4.78 is 0. The molecule has 0 bridgehead atoms. The van der Waals surface area contributed by atoms with E-state index in [1.54, 1.807) is 0 Å². The number of nitrogens with zero attached hydrogens (tertiary/aromatic N) is 1. The van der Waals surface area contributed by atoms with Gasteiger partial charge in [0.2, 0.25) is 5.91 Å². The van der Waals surface area contributed by atoms with Gasteiger partial charge in [-0.3, -0.25) is 4.79 Å². The second-order valence-electron chi connectivity index (χ2n) is 7.37. The molecule has 4 heteroatoms. The van der Waals surface area contributed by atoms with E-state index in [9.17, 15) is 4.79 Å². The molecule has 0 spiro atoms. The minimum absolute atomic E-state index is 0.0238. The summed E-state index contributed by atoms with van der Waals surface area (Å²) in [6, 6.07) is -0.425. The standard InChI is InChI=1S/C16H33N3O/c1-13-7-11-19(12-8-13)10-6-5-9-18-15(20)14(17)16(2,3)4/h13-14H,5-12,17H2,1-4H3,(H,18,20)/t14-/m1/s1. The van der Waals surface area contributed by atoms with Crippen LogP contribution in [0.2, 0.25) is 0 Å². The Hall–Kier alpha value is -0.610. The topological polar surface area (TPSA) is 58.4 Å². The van der Waals surface area contributed by atoms with Crippen LogP contribution in [0.3, 0.4) is 0 Å². The van der Waals surface area contributed by atoms with E-state index in [2.05, 4.69) is 17.1 Å². The fourth-order valence-corrected chi connectivity index (χ4v) is 2.46. The highest BCUT2D eigenvalue weighted by Gasteiger charge is 2.26. The monoisotopic (exact) mass is 283 g/mol. The molecule has 0 radical (unpaired) electrons. The van der Waals surface area contributed by atoms with Gasteiger partial charge in [-0.1, -0.05) is 27.7 Å². The predicted molar refractivity (Wildman–Crippen MR) is 84.5 cm³/mol. The average Bonchev–Trinajstić information content (AvgIpc) is 2.38. The molecule has 118 valence electrons. The summed E-state index contributed by atoms with van der Waals surface area (Å²) in [6.45, 7) is 12.7. The fourth-order valence-electron chi connectivity index (χ4n) is 2.46. The van der Waals surface area contributed by atoms with Crippen molar-refractivity contribution in [3.63, 3.8) is 0 Å². The van der Waals surface area contributed by atoms with Gasteiger partial charge in [0.1, 0.15) is 0 Å². The van der Waals surface area contributed by atoms with E-state index < -0.39 is 6.04 Å². The molecular formula is C16H33N3O. The molecular weight excluding hydrogens is 250 g/mol. The predicted octanol–water partition coefficient (Wildman–Crippen LogP) is 1.99. The number of carbonyl (C=O) groups is 1. The molecule has 1 fully saturated rings. The van der Waals surface area contributed by atoms with E-state index in [4.69, 9.17) is 5.73 Å². The van der Waals surface area contributed by atoms with Crippen LogP contribution in [0.4, 0.5) is 0 Å². The van der Waals surface area contributed by atoms with Gasteiger partial charge in [0.25, 0.3) is 0 Å². The number of hydrogen-bond donors (Lipinski definition) is 2. The number of rotatable bonds is 6. The molecule has 1 aliphatic rings. The average molecular weight is 283 g/mol. The van der Waals surface area contributed by atoms with Crippen molar-refractivity contribution in [3.05, 3.63) is 0 Å². The summed E-state index contributed by atoms with van der Waals surface area (Å²) in [6.07, 6.45) is 4.85. The van der Waals surface area contributed by atoms with E-state index in [0.29, 0.717) is 0 Å². The first-order valence-electron chi connectivity index (χ1n) is 8.06. The van der Waals surface area contributed by atoms with Gasteiger partial charge >= 0.3 is 0 Å². The maximum atomic E-state index is 11.8. The molecule has 1 atom stereocenters. The van der Waals surface area contributed by atoms with Gasteiger partial charge < -0.3 is 16.0 Å². The lowest BCUT2D eigenvalue weighted by Crippen LogP contribution is -2.48. The van der Waals surface area contributed by atoms with Crippen molar-refractivity contribution in [2.75, 3.05) is 26.2 Å². The maximum absolute atomic E-state index is 11.8. The number of amides is 1. The first-order chi connectivity index (χ1) is 9.30. The number of piperidine rings is 1. The summed E-state index contributed by atoms with van der Waals surface area (Å²) in [5.74, 6) is 0.869. The number of nitrogens with one attached hydrogen (secondary N) is 1. The number of unbranched alkanes of at least 4 members (excludes halogenated alkanes) is 1. The fraction of sp³-hybridized carbons (Fsp3) is 0.938. The zero-order valence-electron chi connectivity index (χ0n) is 13.7. The van der Waals surface area contributed by atoms with Crippen LogP contribution in [0.1, 0.15) is 53.4 Å². The first kappa shape index (κ1) is 17.4. The molecule has 0 aromatic carbocycles. The van der Waals surface area contributed by atoms with E-state index in [0.717, 1.165) is 31.8 Å². The van der Waals surface area contributed by atoms with Gasteiger partial charge in [0.15, 0.2) is 0 Å². The molecule has 0 unspecified atom stereocenters. The van der Waals surface area contributed by atoms with Crippen LogP contribution in [0, 0.1) is 11.3 Å². The lowest BCUT2D eigenvalue weighted by molar-refractivity contribution is -0.124. The van der Waals surface area contributed by atoms with E-state index in [1.165, 1.54) is 25.9 Å². The minimum Gasteiger partial charge on any atom is -0.355 e. The van der Waals surface area contributed by atoms with Crippen LogP contribution in [-0.4, -0.2) is 43.0 Å². The summed E-state index contributed by atoms with van der Waals surface area (Å²) in [5.41, 5.74) is 5.75. The van der Waals surface area contributed by atoms with Crippen molar-refractivity contribution in [2.45, 2.75) is 59.4 Å². The zero-order chi connectivity index (χ0) is 15.2. The van der Waals surface area contributed by atoms with E-state index in [-0.39, 0.29) is 11.3 Å². The van der Waals surface area contributed by atoms with Crippen molar-refractivity contribution in [2.24, 2.45) is 17.1 Å². The Kier molecular flexibility index (Phi) is 6.96. The van der Waals surface area contributed by atoms with E-state index >= 15 is 0 Å². The van der Waals surface area contributed by atoms with Crippen molar-refractivity contribution < 1.29 is 4.79 Å². The largest absolute Gasteiger partial charge is 0.355 e. The maximum Gasteiger partial charge on any atom is 0.237 e. The quantitative estimate of drug-likeness (QED) is 0.733. The summed E-state index contributed by atoms with van der Waals surface area (Å²) in [5, 5.41) is 2.95. The van der Waals surface area contributed by atoms with Crippen molar-refractivity contribution in [1.29, 1.82) is 0 Å². The SMILES string of the molecule is CC1CCN(CCCCNC(=O)[C@@H](N)C(C)(C)C)CC1. The molecule has 1 aliphatic heterocycles. The van der Waals surface area contributed by atoms with Crippen molar-refractivity contribution in [3.8, 4) is 0 Å². The van der Waals surface area contributed by atoms with Gasteiger partial charge in [0, 0.05) is 6.54 Å². The molecule has 0 aromatic rings. The molecule has 0 aromatic heterocycles. The molecule has 1 rings (SSSR count). The van der Waals surface area contributed by atoms with Crippen LogP contribution in [0.25, 0.3) is 0 Å². The normalized spacial score (nSPS) is 19.9. The van der Waals surface area contributed by atoms with Crippen molar-refractivity contribution >= 4 is 5.91 Å². The highest BCUT2D eigenvalue weighted by molar-refractivity contribution is 5.82. The Morgan fingerprint density at radius 3 is 2.45 bits per heavy atom. The lowest BCUT2D eigenvalue weighted by atomic mass is 9.87. The highest BCUT2D eigenvalue weighted by atomic mass is 16.2. The van der Waals surface area contributed by atoms with Crippen LogP contribution >= 0.6 is 0 Å². The molecule has 1 amide bonds. The van der Waals surface area contributed by atoms with Gasteiger partial charge in [0.05, 0.1) is 6.04 Å². The molecule has 20 heavy (non-hydrogen) atoms. The molecule has 1 saturated heterocycles. The molecule has 3 N–H and O–H groups in total. The van der Waals surface area contributed by atoms with Gasteiger partial charge in [-0.25, -0.2) is 0 Å². The molecule has 0 saturated carbocycles. The molecule has 1 heterocycles. The minimum atomic E-state index is -0.425. The smallest absolute Gasteiger partial charge is 0.237 e. The van der Waals surface area contributed by atoms with Crippen molar-refractivity contribution in [1.82, 2.24) is 10.2 Å². The third-order valence-corrected chi connectivity index (χ3v) is 4.29. The zero-order valence-corrected chi connectivity index (χ0v) is 13.7. The summed E-state index contributed by atoms with van der Waals surface area (Å²) in [7, 11) is 0. The van der Waals surface area contributed by atoms with Gasteiger partial charge in [-0.2, -0.15) is 0 Å². The Balaban J connectivity index is 2.06. The summed E-state index contributed by atoms with van der Waals surface area (Å²) in [4.78, 5) is 14.4. The number of likely N-dealkylation sites (tertiary alicyclic amines) is 1. The summed E-state index contributed by atoms with van der Waals surface area (Å²) >= 11 is 0. The highest BCUT2D eigenvalue weighted by Crippen LogP contribution is 2.17. The Labute approximate surface area is 124 Å². The van der Waals surface area contributed by atoms with Crippen LogP contribution in [0.15, 0.2) is 0 Å². The van der Waals surface area contributed by atoms with Crippen LogP contribution < -0.4 is 11.1 Å². The Morgan fingerprint density at radius 1 is 1.30 bits per heavy atom. The van der Waals surface area contributed by atoms with Gasteiger partial charge in [-0.15, -0.1) is 0 Å². The van der Waals surface area contributed by atoms with Crippen LogP contribution in [0.5, 0.6) is 0 Å². The third kappa shape index (κ3) is 6.23. The van der Waals surface area contributed by atoms with Gasteiger partial charge in [-0.05, 0) is 56.7 Å². The first-order valence-corrected chi connectivity index (χ1v) is 8.06. The van der Waals surface area contributed by atoms with Crippen LogP contribution in [-0.2, 0) is 4.79 Å². The Morgan fingerprint density at radius 2 is 1.90 bits per heavy atom. The second-order valence-corrected chi connectivity index (χ2v) is 7.37. The van der Waals surface area contributed by atoms with E-state index in [1.807, 2.05) is 20.8 Å². The molecule has 0 aliphatic carbocycles. The lowest BCUT2D eigenvalue weighted by Gasteiger charge is -2.30.